The number of aromatic nitrogens is 2. The van der Waals surface area contributed by atoms with Crippen molar-refractivity contribution in [2.24, 2.45) is 0 Å². The van der Waals surface area contributed by atoms with Crippen LogP contribution in [0.3, 0.4) is 0 Å². The summed E-state index contributed by atoms with van der Waals surface area (Å²) in [5.41, 5.74) is 1.86. The number of furan rings is 1. The van der Waals surface area contributed by atoms with E-state index in [9.17, 15) is 4.79 Å². The molecule has 1 saturated heterocycles. The first-order chi connectivity index (χ1) is 12.6. The van der Waals surface area contributed by atoms with Gasteiger partial charge in [-0.25, -0.2) is 0 Å². The van der Waals surface area contributed by atoms with E-state index in [2.05, 4.69) is 10.1 Å². The number of aryl methyl sites for hydroxylation is 2. The third-order valence-electron chi connectivity index (χ3n) is 4.76. The average Bonchev–Trinajstić information content (AvgIpc) is 3.31. The highest BCUT2D eigenvalue weighted by molar-refractivity contribution is 5.94. The molecule has 1 unspecified atom stereocenters. The van der Waals surface area contributed by atoms with E-state index in [0.29, 0.717) is 29.6 Å². The Balaban J connectivity index is 1.49. The van der Waals surface area contributed by atoms with E-state index in [1.165, 1.54) is 0 Å². The second kappa shape index (κ2) is 6.78. The Kier molecular flexibility index (Phi) is 4.32. The van der Waals surface area contributed by atoms with Crippen molar-refractivity contribution in [1.29, 1.82) is 0 Å². The molecule has 1 aliphatic heterocycles. The van der Waals surface area contributed by atoms with Crippen molar-refractivity contribution in [2.45, 2.75) is 32.6 Å². The third kappa shape index (κ3) is 3.27. The molecule has 0 N–H and O–H groups in total. The van der Waals surface area contributed by atoms with Gasteiger partial charge in [-0.15, -0.1) is 0 Å². The summed E-state index contributed by atoms with van der Waals surface area (Å²) in [6.45, 7) is 5.23. The lowest BCUT2D eigenvalue weighted by Crippen LogP contribution is -2.39. The second-order valence-electron chi connectivity index (χ2n) is 6.82. The smallest absolute Gasteiger partial charge is 0.253 e. The quantitative estimate of drug-likeness (QED) is 0.714. The first-order valence-electron chi connectivity index (χ1n) is 8.86. The number of benzene rings is 1. The predicted octanol–water partition coefficient (Wildman–Crippen LogP) is 3.97. The molecule has 134 valence electrons. The van der Waals surface area contributed by atoms with Gasteiger partial charge in [0.25, 0.3) is 5.91 Å². The van der Waals surface area contributed by atoms with Crippen molar-refractivity contribution in [3.63, 3.8) is 0 Å². The van der Waals surface area contributed by atoms with Crippen LogP contribution in [0, 0.1) is 13.8 Å². The number of hydrogen-bond donors (Lipinski definition) is 0. The highest BCUT2D eigenvalue weighted by Crippen LogP contribution is 2.28. The van der Waals surface area contributed by atoms with Crippen LogP contribution in [-0.4, -0.2) is 34.0 Å². The standard InChI is InChI=1S/C20H21N3O3/c1-13-5-8-15(9-6-13)20(24)23-11-3-4-16(12-23)19-21-18(22-26-19)17-10-7-14(2)25-17/h5-10,16H,3-4,11-12H2,1-2H3. The van der Waals surface area contributed by atoms with Crippen LogP contribution < -0.4 is 0 Å². The van der Waals surface area contributed by atoms with E-state index in [1.807, 2.05) is 55.1 Å². The largest absolute Gasteiger partial charge is 0.458 e. The number of carbonyl (C=O) groups excluding carboxylic acids is 1. The van der Waals surface area contributed by atoms with E-state index < -0.39 is 0 Å². The SMILES string of the molecule is Cc1ccc(C(=O)N2CCCC(c3nc(-c4ccc(C)o4)no3)C2)cc1. The highest BCUT2D eigenvalue weighted by atomic mass is 16.5. The van der Waals surface area contributed by atoms with Crippen LogP contribution in [0.25, 0.3) is 11.6 Å². The molecular weight excluding hydrogens is 330 g/mol. The van der Waals surface area contributed by atoms with Gasteiger partial charge >= 0.3 is 0 Å². The van der Waals surface area contributed by atoms with Gasteiger partial charge in [0, 0.05) is 18.7 Å². The molecule has 1 amide bonds. The van der Waals surface area contributed by atoms with Gasteiger partial charge in [-0.1, -0.05) is 22.9 Å². The zero-order chi connectivity index (χ0) is 18.1. The van der Waals surface area contributed by atoms with Crippen LogP contribution in [0.4, 0.5) is 0 Å². The van der Waals surface area contributed by atoms with Gasteiger partial charge in [-0.3, -0.25) is 4.79 Å². The number of rotatable bonds is 3. The van der Waals surface area contributed by atoms with E-state index in [1.54, 1.807) is 0 Å². The summed E-state index contributed by atoms with van der Waals surface area (Å²) < 4.78 is 11.0. The molecule has 3 heterocycles. The number of nitrogens with zero attached hydrogens (tertiary/aromatic N) is 3. The number of piperidine rings is 1. The second-order valence-corrected chi connectivity index (χ2v) is 6.82. The molecule has 1 aliphatic rings. The van der Waals surface area contributed by atoms with Crippen LogP contribution in [0.15, 0.2) is 45.3 Å². The average molecular weight is 351 g/mol. The van der Waals surface area contributed by atoms with Crippen molar-refractivity contribution in [1.82, 2.24) is 15.0 Å². The molecular formula is C20H21N3O3. The molecule has 26 heavy (non-hydrogen) atoms. The van der Waals surface area contributed by atoms with Crippen molar-refractivity contribution in [3.05, 3.63) is 59.2 Å². The van der Waals surface area contributed by atoms with Gasteiger partial charge in [0.05, 0.1) is 5.92 Å². The number of hydrogen-bond acceptors (Lipinski definition) is 5. The molecule has 6 nitrogen and oxygen atoms in total. The van der Waals surface area contributed by atoms with E-state index in [4.69, 9.17) is 8.94 Å². The molecule has 1 aromatic carbocycles. The molecule has 3 aromatic rings. The maximum atomic E-state index is 12.8. The molecule has 1 atom stereocenters. The Morgan fingerprint density at radius 2 is 1.96 bits per heavy atom. The van der Waals surface area contributed by atoms with Crippen molar-refractivity contribution >= 4 is 5.91 Å². The maximum absolute atomic E-state index is 12.8. The monoisotopic (exact) mass is 351 g/mol. The lowest BCUT2D eigenvalue weighted by atomic mass is 9.97. The minimum atomic E-state index is 0.0513. The maximum Gasteiger partial charge on any atom is 0.253 e. The summed E-state index contributed by atoms with van der Waals surface area (Å²) in [4.78, 5) is 19.1. The van der Waals surface area contributed by atoms with Gasteiger partial charge in [-0.05, 0) is 51.0 Å². The number of likely N-dealkylation sites (tertiary alicyclic amines) is 1. The lowest BCUT2D eigenvalue weighted by molar-refractivity contribution is 0.0695. The summed E-state index contributed by atoms with van der Waals surface area (Å²) >= 11 is 0. The Hall–Kier alpha value is -2.89. The Bertz CT molecular complexity index is 911. The first kappa shape index (κ1) is 16.6. The molecule has 0 bridgehead atoms. The molecule has 2 aromatic heterocycles. The molecule has 0 spiro atoms. The fraction of sp³-hybridized carbons (Fsp3) is 0.350. The van der Waals surface area contributed by atoms with Gasteiger partial charge < -0.3 is 13.8 Å². The Labute approximate surface area is 151 Å². The minimum Gasteiger partial charge on any atom is -0.458 e. The van der Waals surface area contributed by atoms with Crippen LogP contribution in [-0.2, 0) is 0 Å². The summed E-state index contributed by atoms with van der Waals surface area (Å²) in [5, 5.41) is 4.03. The van der Waals surface area contributed by atoms with Crippen LogP contribution in [0.1, 0.15) is 46.3 Å². The van der Waals surface area contributed by atoms with Crippen LogP contribution in [0.2, 0.25) is 0 Å². The van der Waals surface area contributed by atoms with E-state index in [0.717, 1.165) is 30.7 Å². The fourth-order valence-corrected chi connectivity index (χ4v) is 3.30. The van der Waals surface area contributed by atoms with Gasteiger partial charge in [0.15, 0.2) is 5.76 Å². The summed E-state index contributed by atoms with van der Waals surface area (Å²) in [6, 6.07) is 11.4. The number of carbonyl (C=O) groups is 1. The zero-order valence-electron chi connectivity index (χ0n) is 14.9. The first-order valence-corrected chi connectivity index (χ1v) is 8.86. The van der Waals surface area contributed by atoms with E-state index >= 15 is 0 Å². The van der Waals surface area contributed by atoms with Crippen molar-refractivity contribution in [3.8, 4) is 11.6 Å². The normalized spacial score (nSPS) is 17.5. The molecule has 0 aliphatic carbocycles. The van der Waals surface area contributed by atoms with Crippen molar-refractivity contribution < 1.29 is 13.7 Å². The Morgan fingerprint density at radius 1 is 1.15 bits per heavy atom. The van der Waals surface area contributed by atoms with Gasteiger partial charge in [-0.2, -0.15) is 4.98 Å². The molecule has 0 saturated carbocycles. The highest BCUT2D eigenvalue weighted by Gasteiger charge is 2.29. The minimum absolute atomic E-state index is 0.0513. The summed E-state index contributed by atoms with van der Waals surface area (Å²) in [6.07, 6.45) is 1.84. The molecule has 0 radical (unpaired) electrons. The molecule has 4 rings (SSSR count). The van der Waals surface area contributed by atoms with E-state index in [-0.39, 0.29) is 11.8 Å². The summed E-state index contributed by atoms with van der Waals surface area (Å²) in [5.74, 6) is 2.52. The van der Waals surface area contributed by atoms with Crippen LogP contribution in [0.5, 0.6) is 0 Å². The van der Waals surface area contributed by atoms with Gasteiger partial charge in [0.1, 0.15) is 5.76 Å². The zero-order valence-corrected chi connectivity index (χ0v) is 14.9. The topological polar surface area (TPSA) is 72.4 Å². The number of amides is 1. The summed E-state index contributed by atoms with van der Waals surface area (Å²) in [7, 11) is 0. The molecule has 1 fully saturated rings. The molecule has 6 heteroatoms. The van der Waals surface area contributed by atoms with Gasteiger partial charge in [0.2, 0.25) is 11.7 Å². The predicted molar refractivity (Wildman–Crippen MR) is 95.8 cm³/mol. The van der Waals surface area contributed by atoms with Crippen molar-refractivity contribution in [2.75, 3.05) is 13.1 Å². The fourth-order valence-electron chi connectivity index (χ4n) is 3.30. The Morgan fingerprint density at radius 3 is 2.69 bits per heavy atom. The third-order valence-corrected chi connectivity index (χ3v) is 4.76. The van der Waals surface area contributed by atoms with Crippen LogP contribution >= 0.6 is 0 Å². The lowest BCUT2D eigenvalue weighted by Gasteiger charge is -2.31.